The number of carbonyl (C=O) groups is 2. The molecule has 1 aliphatic carbocycles. The number of carboxylic acids is 1. The normalized spacial score (nSPS) is 14.9. The van der Waals surface area contributed by atoms with Crippen LogP contribution in [0.25, 0.3) is 0 Å². The van der Waals surface area contributed by atoms with Crippen molar-refractivity contribution in [1.29, 1.82) is 0 Å². The minimum Gasteiger partial charge on any atom is -0.482 e. The molecule has 2 rings (SSSR count). The van der Waals surface area contributed by atoms with Crippen LogP contribution >= 0.6 is 0 Å². The molecule has 0 amide bonds. The minimum atomic E-state index is -1.01. The number of aliphatic carboxylic acids is 1. The van der Waals surface area contributed by atoms with Gasteiger partial charge in [0.1, 0.15) is 5.75 Å². The summed E-state index contributed by atoms with van der Waals surface area (Å²) in [5.74, 6) is -0.360. The maximum absolute atomic E-state index is 11.8. The summed E-state index contributed by atoms with van der Waals surface area (Å²) in [5.41, 5.74) is 1.54. The van der Waals surface area contributed by atoms with E-state index in [-0.39, 0.29) is 12.4 Å². The Kier molecular flexibility index (Phi) is 3.42. The standard InChI is InChI=1S/C13H14O4/c14-11-6-2-1-4-10-9(11)5-3-7-12(10)17-8-13(15)16/h3,5,7H,1-2,4,6,8H2,(H,15,16). The highest BCUT2D eigenvalue weighted by Crippen LogP contribution is 2.28. The summed E-state index contributed by atoms with van der Waals surface area (Å²) < 4.78 is 5.22. The molecule has 0 fully saturated rings. The van der Waals surface area contributed by atoms with Gasteiger partial charge in [-0.05, 0) is 25.3 Å². The summed E-state index contributed by atoms with van der Waals surface area (Å²) in [7, 11) is 0. The SMILES string of the molecule is O=C(O)COc1cccc2c1CCCCC2=O. The number of hydrogen-bond donors (Lipinski definition) is 1. The van der Waals surface area contributed by atoms with Crippen LogP contribution in [-0.4, -0.2) is 23.5 Å². The average molecular weight is 234 g/mol. The Hall–Kier alpha value is -1.84. The molecule has 0 unspecified atom stereocenters. The molecule has 1 N–H and O–H groups in total. The van der Waals surface area contributed by atoms with Crippen molar-refractivity contribution in [2.24, 2.45) is 0 Å². The fourth-order valence-corrected chi connectivity index (χ4v) is 2.08. The Balaban J connectivity index is 2.31. The summed E-state index contributed by atoms with van der Waals surface area (Å²) in [6, 6.07) is 5.25. The van der Waals surface area contributed by atoms with Crippen molar-refractivity contribution in [1.82, 2.24) is 0 Å². The molecule has 4 nitrogen and oxygen atoms in total. The smallest absolute Gasteiger partial charge is 0.341 e. The fourth-order valence-electron chi connectivity index (χ4n) is 2.08. The number of rotatable bonds is 3. The summed E-state index contributed by atoms with van der Waals surface area (Å²) in [4.78, 5) is 22.3. The summed E-state index contributed by atoms with van der Waals surface area (Å²) in [5, 5.41) is 8.59. The number of Topliss-reactive ketones (excluding diaryl/α,β-unsaturated/α-hetero) is 1. The van der Waals surface area contributed by atoms with Gasteiger partial charge in [-0.25, -0.2) is 4.79 Å². The van der Waals surface area contributed by atoms with Gasteiger partial charge in [-0.2, -0.15) is 0 Å². The maximum Gasteiger partial charge on any atom is 0.341 e. The van der Waals surface area contributed by atoms with E-state index in [9.17, 15) is 9.59 Å². The lowest BCUT2D eigenvalue weighted by molar-refractivity contribution is -0.139. The van der Waals surface area contributed by atoms with E-state index in [2.05, 4.69) is 0 Å². The molecule has 0 atom stereocenters. The first kappa shape index (κ1) is 11.6. The zero-order valence-electron chi connectivity index (χ0n) is 9.44. The molecule has 0 saturated carbocycles. The van der Waals surface area contributed by atoms with E-state index in [0.717, 1.165) is 24.8 Å². The first-order valence-corrected chi connectivity index (χ1v) is 5.68. The second-order valence-electron chi connectivity index (χ2n) is 4.09. The molecule has 0 radical (unpaired) electrons. The third kappa shape index (κ3) is 2.64. The lowest BCUT2D eigenvalue weighted by Gasteiger charge is -2.11. The molecule has 0 spiro atoms. The number of fused-ring (bicyclic) bond motifs is 1. The van der Waals surface area contributed by atoms with Crippen LogP contribution < -0.4 is 4.74 Å². The van der Waals surface area contributed by atoms with Crippen LogP contribution in [0.5, 0.6) is 5.75 Å². The van der Waals surface area contributed by atoms with Gasteiger partial charge in [-0.3, -0.25) is 4.79 Å². The number of carbonyl (C=O) groups excluding carboxylic acids is 1. The van der Waals surface area contributed by atoms with E-state index in [0.29, 0.717) is 17.7 Å². The summed E-state index contributed by atoms with van der Waals surface area (Å²) in [6.07, 6.45) is 3.16. The van der Waals surface area contributed by atoms with Gasteiger partial charge in [0, 0.05) is 17.5 Å². The molecule has 0 aliphatic heterocycles. The third-order valence-electron chi connectivity index (χ3n) is 2.87. The second-order valence-corrected chi connectivity index (χ2v) is 4.09. The predicted molar refractivity (Wildman–Crippen MR) is 61.5 cm³/mol. The van der Waals surface area contributed by atoms with Crippen LogP contribution in [0.1, 0.15) is 35.2 Å². The molecule has 1 aliphatic rings. The molecule has 90 valence electrons. The lowest BCUT2D eigenvalue weighted by atomic mass is 10.0. The van der Waals surface area contributed by atoms with Gasteiger partial charge < -0.3 is 9.84 Å². The fraction of sp³-hybridized carbons (Fsp3) is 0.385. The monoisotopic (exact) mass is 234 g/mol. The zero-order valence-corrected chi connectivity index (χ0v) is 9.44. The Morgan fingerprint density at radius 2 is 2.06 bits per heavy atom. The molecule has 0 heterocycles. The number of hydrogen-bond acceptors (Lipinski definition) is 3. The van der Waals surface area contributed by atoms with E-state index in [1.54, 1.807) is 18.2 Å². The third-order valence-corrected chi connectivity index (χ3v) is 2.87. The highest BCUT2D eigenvalue weighted by molar-refractivity contribution is 5.98. The van der Waals surface area contributed by atoms with E-state index in [4.69, 9.17) is 9.84 Å². The summed E-state index contributed by atoms with van der Waals surface area (Å²) in [6.45, 7) is -0.370. The number of carboxylic acid groups (broad SMARTS) is 1. The molecule has 4 heteroatoms. The molecule has 0 aromatic heterocycles. The van der Waals surface area contributed by atoms with Gasteiger partial charge >= 0.3 is 5.97 Å². The van der Waals surface area contributed by atoms with Crippen molar-refractivity contribution in [3.05, 3.63) is 29.3 Å². The summed E-state index contributed by atoms with van der Waals surface area (Å²) >= 11 is 0. The van der Waals surface area contributed by atoms with Crippen molar-refractivity contribution in [2.45, 2.75) is 25.7 Å². The Morgan fingerprint density at radius 3 is 2.82 bits per heavy atom. The number of benzene rings is 1. The van der Waals surface area contributed by atoms with E-state index < -0.39 is 5.97 Å². The van der Waals surface area contributed by atoms with Crippen LogP contribution in [0.2, 0.25) is 0 Å². The Labute approximate surface area is 99.2 Å². The van der Waals surface area contributed by atoms with E-state index >= 15 is 0 Å². The largest absolute Gasteiger partial charge is 0.482 e. The zero-order chi connectivity index (χ0) is 12.3. The molecular weight excluding hydrogens is 220 g/mol. The minimum absolute atomic E-state index is 0.123. The molecule has 17 heavy (non-hydrogen) atoms. The Bertz CT molecular complexity index is 451. The average Bonchev–Trinajstić information content (AvgIpc) is 2.49. The highest BCUT2D eigenvalue weighted by atomic mass is 16.5. The van der Waals surface area contributed by atoms with Crippen molar-refractivity contribution in [3.8, 4) is 5.75 Å². The molecule has 0 saturated heterocycles. The molecule has 0 bridgehead atoms. The van der Waals surface area contributed by atoms with E-state index in [1.165, 1.54) is 0 Å². The maximum atomic E-state index is 11.8. The van der Waals surface area contributed by atoms with Gasteiger partial charge in [0.05, 0.1) is 0 Å². The lowest BCUT2D eigenvalue weighted by Crippen LogP contribution is -2.11. The van der Waals surface area contributed by atoms with Gasteiger partial charge in [-0.1, -0.05) is 12.1 Å². The van der Waals surface area contributed by atoms with Gasteiger partial charge in [0.25, 0.3) is 0 Å². The van der Waals surface area contributed by atoms with Crippen molar-refractivity contribution in [2.75, 3.05) is 6.61 Å². The van der Waals surface area contributed by atoms with E-state index in [1.807, 2.05) is 0 Å². The quantitative estimate of drug-likeness (QED) is 0.813. The van der Waals surface area contributed by atoms with Gasteiger partial charge in [0.15, 0.2) is 12.4 Å². The van der Waals surface area contributed by atoms with Crippen LogP contribution in [0, 0.1) is 0 Å². The van der Waals surface area contributed by atoms with Crippen LogP contribution in [0.3, 0.4) is 0 Å². The molecule has 1 aromatic carbocycles. The Morgan fingerprint density at radius 1 is 1.29 bits per heavy atom. The van der Waals surface area contributed by atoms with Crippen LogP contribution in [-0.2, 0) is 11.2 Å². The predicted octanol–water partition coefficient (Wildman–Crippen LogP) is 2.06. The topological polar surface area (TPSA) is 63.6 Å². The molecule has 1 aromatic rings. The second kappa shape index (κ2) is 4.99. The van der Waals surface area contributed by atoms with Crippen molar-refractivity contribution in [3.63, 3.8) is 0 Å². The number of ether oxygens (including phenoxy) is 1. The van der Waals surface area contributed by atoms with Crippen LogP contribution in [0.15, 0.2) is 18.2 Å². The van der Waals surface area contributed by atoms with Crippen molar-refractivity contribution >= 4 is 11.8 Å². The van der Waals surface area contributed by atoms with Gasteiger partial charge in [-0.15, -0.1) is 0 Å². The first-order chi connectivity index (χ1) is 8.18. The van der Waals surface area contributed by atoms with Crippen LogP contribution in [0.4, 0.5) is 0 Å². The number of ketones is 1. The molecular formula is C13H14O4. The van der Waals surface area contributed by atoms with Gasteiger partial charge in [0.2, 0.25) is 0 Å². The van der Waals surface area contributed by atoms with Crippen molar-refractivity contribution < 1.29 is 19.4 Å². The first-order valence-electron chi connectivity index (χ1n) is 5.68. The highest BCUT2D eigenvalue weighted by Gasteiger charge is 2.18.